The molecule has 250 valence electrons. The maximum atomic E-state index is 12.2. The third kappa shape index (κ3) is 10.0. The van der Waals surface area contributed by atoms with E-state index < -0.39 is 18.2 Å². The first-order valence-electron chi connectivity index (χ1n) is 15.9. The van der Waals surface area contributed by atoms with Gasteiger partial charge in [0.05, 0.1) is 24.4 Å². The van der Waals surface area contributed by atoms with Crippen molar-refractivity contribution in [3.63, 3.8) is 0 Å². The molecule has 0 aromatic heterocycles. The van der Waals surface area contributed by atoms with E-state index in [2.05, 4.69) is 5.32 Å². The van der Waals surface area contributed by atoms with E-state index in [4.69, 9.17) is 14.6 Å². The molecule has 4 aromatic carbocycles. The highest BCUT2D eigenvalue weighted by Crippen LogP contribution is 2.40. The Morgan fingerprint density at radius 1 is 0.771 bits per heavy atom. The molecule has 5 rings (SSSR count). The zero-order chi connectivity index (χ0) is 33.9. The highest BCUT2D eigenvalue weighted by molar-refractivity contribution is 7.99. The number of carbonyl (C=O) groups is 3. The maximum absolute atomic E-state index is 12.2. The topological polar surface area (TPSA) is 142 Å². The Morgan fingerprint density at radius 3 is 2.17 bits per heavy atom. The van der Waals surface area contributed by atoms with Crippen LogP contribution in [0.3, 0.4) is 0 Å². The molecule has 48 heavy (non-hydrogen) atoms. The van der Waals surface area contributed by atoms with Crippen molar-refractivity contribution in [1.82, 2.24) is 5.32 Å². The molecule has 1 amide bonds. The number of unbranched alkanes of at least 4 members (excludes halogenated alkanes) is 1. The van der Waals surface area contributed by atoms with Crippen molar-refractivity contribution in [2.75, 3.05) is 5.75 Å². The molecule has 0 aliphatic carbocycles. The molecule has 0 bridgehead atoms. The summed E-state index contributed by atoms with van der Waals surface area (Å²) in [7, 11) is 0. The van der Waals surface area contributed by atoms with Crippen molar-refractivity contribution in [3.05, 3.63) is 125 Å². The summed E-state index contributed by atoms with van der Waals surface area (Å²) < 4.78 is 13.0. The van der Waals surface area contributed by atoms with E-state index in [-0.39, 0.29) is 36.7 Å². The predicted octanol–water partition coefficient (Wildman–Crippen LogP) is 7.14. The Kier molecular flexibility index (Phi) is 12.4. The number of rotatable bonds is 15. The van der Waals surface area contributed by atoms with Crippen LogP contribution in [-0.4, -0.2) is 45.0 Å². The molecule has 9 nitrogen and oxygen atoms in total. The number of aromatic carboxylic acids is 1. The molecule has 0 spiro atoms. The van der Waals surface area contributed by atoms with Crippen LogP contribution in [0.4, 0.5) is 0 Å². The number of thioether (sulfide) groups is 1. The van der Waals surface area contributed by atoms with E-state index in [9.17, 15) is 24.6 Å². The van der Waals surface area contributed by atoms with Gasteiger partial charge < -0.3 is 30.1 Å². The normalized spacial score (nSPS) is 17.5. The molecule has 1 saturated heterocycles. The lowest BCUT2D eigenvalue weighted by atomic mass is 9.99. The average molecular weight is 670 g/mol. The fourth-order valence-electron chi connectivity index (χ4n) is 5.45. The molecule has 1 heterocycles. The number of aliphatic carboxylic acids is 1. The second-order valence-electron chi connectivity index (χ2n) is 11.7. The SMILES string of the molecule is O=C(O)CCCCC(=O)NCc1cccc(-c2ccc([C@@H]3O[C@H](CSc4ccc(C(=O)O)cc4)C[C@H](c4ccc(CO)cc4)O3)cc2)c1. The number of hydrogen-bond acceptors (Lipinski definition) is 7. The van der Waals surface area contributed by atoms with Gasteiger partial charge in [0, 0.05) is 42.0 Å². The van der Waals surface area contributed by atoms with Crippen molar-refractivity contribution in [3.8, 4) is 11.1 Å². The van der Waals surface area contributed by atoms with Crippen molar-refractivity contribution in [2.45, 2.75) is 68.6 Å². The van der Waals surface area contributed by atoms with Crippen LogP contribution >= 0.6 is 11.8 Å². The molecular formula is C38H39NO8S. The predicted molar refractivity (Wildman–Crippen MR) is 182 cm³/mol. The number of nitrogens with one attached hydrogen (secondary N) is 1. The van der Waals surface area contributed by atoms with Crippen molar-refractivity contribution in [1.29, 1.82) is 0 Å². The van der Waals surface area contributed by atoms with E-state index in [1.165, 1.54) is 0 Å². The van der Waals surface area contributed by atoms with Gasteiger partial charge in [0.25, 0.3) is 0 Å². The standard InChI is InChI=1S/C38H39NO8S/c40-23-25-8-10-28(11-9-25)34-21-32(24-48-33-18-16-29(17-19-33)37(44)45)46-38(47-34)30-14-12-27(13-15-30)31-5-3-4-26(20-31)22-39-35(41)6-1-2-7-36(42)43/h3-5,8-20,32,34,38,40H,1-2,6-7,21-24H2,(H,39,41)(H,42,43)(H,44,45)/t32-,34+,38+/m0/s1. The number of hydrogen-bond donors (Lipinski definition) is 4. The minimum atomic E-state index is -0.956. The summed E-state index contributed by atoms with van der Waals surface area (Å²) in [6.07, 6.45) is 1.06. The molecule has 0 unspecified atom stereocenters. The van der Waals surface area contributed by atoms with Gasteiger partial charge in [-0.05, 0) is 71.0 Å². The van der Waals surface area contributed by atoms with Crippen LogP contribution in [0.2, 0.25) is 0 Å². The van der Waals surface area contributed by atoms with Crippen LogP contribution in [0.5, 0.6) is 0 Å². The smallest absolute Gasteiger partial charge is 0.335 e. The van der Waals surface area contributed by atoms with Gasteiger partial charge in [0.15, 0.2) is 6.29 Å². The van der Waals surface area contributed by atoms with Gasteiger partial charge in [0.2, 0.25) is 5.91 Å². The molecule has 4 aromatic rings. The number of carbonyl (C=O) groups excluding carboxylic acids is 1. The Morgan fingerprint density at radius 2 is 1.48 bits per heavy atom. The lowest BCUT2D eigenvalue weighted by Gasteiger charge is -2.36. The minimum Gasteiger partial charge on any atom is -0.481 e. The minimum absolute atomic E-state index is 0.0302. The van der Waals surface area contributed by atoms with Gasteiger partial charge in [-0.2, -0.15) is 0 Å². The van der Waals surface area contributed by atoms with E-state index in [0.29, 0.717) is 38.0 Å². The van der Waals surface area contributed by atoms with Crippen molar-refractivity contribution < 1.29 is 39.2 Å². The molecule has 1 aliphatic rings. The number of aliphatic hydroxyl groups is 1. The second kappa shape index (κ2) is 17.1. The second-order valence-corrected chi connectivity index (χ2v) is 12.8. The molecule has 1 fully saturated rings. The molecule has 1 aliphatic heterocycles. The third-order valence-electron chi connectivity index (χ3n) is 8.13. The fraction of sp³-hybridized carbons (Fsp3) is 0.289. The number of benzene rings is 4. The van der Waals surface area contributed by atoms with E-state index >= 15 is 0 Å². The van der Waals surface area contributed by atoms with Gasteiger partial charge in [-0.25, -0.2) is 4.79 Å². The van der Waals surface area contributed by atoms with Crippen molar-refractivity contribution >= 4 is 29.6 Å². The van der Waals surface area contributed by atoms with E-state index in [0.717, 1.165) is 38.3 Å². The maximum Gasteiger partial charge on any atom is 0.335 e. The summed E-state index contributed by atoms with van der Waals surface area (Å²) in [5.74, 6) is -1.25. The Balaban J connectivity index is 1.24. The summed E-state index contributed by atoms with van der Waals surface area (Å²) in [6.45, 7) is 0.356. The molecule has 0 saturated carbocycles. The first-order chi connectivity index (χ1) is 23.3. The van der Waals surface area contributed by atoms with Crippen molar-refractivity contribution in [2.24, 2.45) is 0 Å². The zero-order valence-corrected chi connectivity index (χ0v) is 27.2. The number of amides is 1. The lowest BCUT2D eigenvalue weighted by Crippen LogP contribution is -2.31. The highest BCUT2D eigenvalue weighted by Gasteiger charge is 2.32. The largest absolute Gasteiger partial charge is 0.481 e. The Labute approximate surface area is 283 Å². The van der Waals surface area contributed by atoms with Gasteiger partial charge >= 0.3 is 11.9 Å². The quantitative estimate of drug-likeness (QED) is 0.0767. The van der Waals surface area contributed by atoms with Crippen LogP contribution < -0.4 is 5.32 Å². The summed E-state index contributed by atoms with van der Waals surface area (Å²) in [5, 5.41) is 30.4. The average Bonchev–Trinajstić information content (AvgIpc) is 3.12. The van der Waals surface area contributed by atoms with Gasteiger partial charge in [0.1, 0.15) is 0 Å². The van der Waals surface area contributed by atoms with Crippen LogP contribution in [0.15, 0.2) is 102 Å². The lowest BCUT2D eigenvalue weighted by molar-refractivity contribution is -0.245. The first-order valence-corrected chi connectivity index (χ1v) is 16.9. The third-order valence-corrected chi connectivity index (χ3v) is 9.27. The van der Waals surface area contributed by atoms with Gasteiger partial charge in [-0.15, -0.1) is 11.8 Å². The summed E-state index contributed by atoms with van der Waals surface area (Å²) in [6, 6.07) is 30.6. The molecule has 10 heteroatoms. The van der Waals surface area contributed by atoms with E-state index in [1.54, 1.807) is 23.9 Å². The number of aliphatic hydroxyl groups excluding tert-OH is 1. The fourth-order valence-corrected chi connectivity index (χ4v) is 6.37. The van der Waals surface area contributed by atoms with Gasteiger partial charge in [-0.1, -0.05) is 66.7 Å². The van der Waals surface area contributed by atoms with Crippen LogP contribution in [0.25, 0.3) is 11.1 Å². The summed E-state index contributed by atoms with van der Waals surface area (Å²) in [4.78, 5) is 35.1. The molecule has 4 N–H and O–H groups in total. The summed E-state index contributed by atoms with van der Waals surface area (Å²) in [5.41, 5.74) is 5.92. The highest BCUT2D eigenvalue weighted by atomic mass is 32.2. The van der Waals surface area contributed by atoms with Crippen LogP contribution in [-0.2, 0) is 32.2 Å². The number of carboxylic acid groups (broad SMARTS) is 2. The van der Waals surface area contributed by atoms with Crippen LogP contribution in [0, 0.1) is 0 Å². The summed E-state index contributed by atoms with van der Waals surface area (Å²) >= 11 is 1.61. The van der Waals surface area contributed by atoms with Crippen LogP contribution in [0.1, 0.15) is 77.1 Å². The van der Waals surface area contributed by atoms with Gasteiger partial charge in [-0.3, -0.25) is 9.59 Å². The Hall–Kier alpha value is -4.48. The number of ether oxygens (including phenoxy) is 2. The monoisotopic (exact) mass is 669 g/mol. The Bertz CT molecular complexity index is 1670. The van der Waals surface area contributed by atoms with E-state index in [1.807, 2.05) is 84.9 Å². The molecule has 0 radical (unpaired) electrons. The molecular weight excluding hydrogens is 630 g/mol. The molecule has 3 atom stereocenters. The first kappa shape index (κ1) is 34.8. The zero-order valence-electron chi connectivity index (χ0n) is 26.4. The number of carboxylic acids is 2.